The Bertz CT molecular complexity index is 469. The zero-order chi connectivity index (χ0) is 11.6. The molecule has 1 aromatic heterocycles. The second kappa shape index (κ2) is 4.39. The van der Waals surface area contributed by atoms with Crippen molar-refractivity contribution in [2.45, 2.75) is 13.0 Å². The molecule has 0 spiro atoms. The summed E-state index contributed by atoms with van der Waals surface area (Å²) in [5, 5.41) is 0. The Hall–Kier alpha value is -1.14. The Balaban J connectivity index is 2.04. The Morgan fingerprint density at radius 1 is 1.44 bits per heavy atom. The lowest BCUT2D eigenvalue weighted by molar-refractivity contribution is 0.307. The maximum absolute atomic E-state index is 10.8. The van der Waals surface area contributed by atoms with Gasteiger partial charge in [-0.3, -0.25) is 4.18 Å². The monoisotopic (exact) mass is 242 g/mol. The first-order chi connectivity index (χ1) is 7.54. The molecule has 0 unspecified atom stereocenters. The van der Waals surface area contributed by atoms with Crippen LogP contribution in [0.25, 0.3) is 0 Å². The van der Waals surface area contributed by atoms with Gasteiger partial charge in [-0.2, -0.15) is 8.42 Å². The van der Waals surface area contributed by atoms with Crippen LogP contribution in [0.2, 0.25) is 0 Å². The van der Waals surface area contributed by atoms with Crippen molar-refractivity contribution in [1.29, 1.82) is 0 Å². The largest absolute Gasteiger partial charge is 0.356 e. The van der Waals surface area contributed by atoms with Gasteiger partial charge in [0.05, 0.1) is 11.9 Å². The Labute approximate surface area is 95.2 Å². The van der Waals surface area contributed by atoms with Crippen LogP contribution in [0.5, 0.6) is 0 Å². The maximum Gasteiger partial charge on any atom is 0.264 e. The second-order valence-corrected chi connectivity index (χ2v) is 5.44. The summed E-state index contributed by atoms with van der Waals surface area (Å²) < 4.78 is 26.4. The minimum atomic E-state index is -3.40. The van der Waals surface area contributed by atoms with Gasteiger partial charge in [-0.1, -0.05) is 6.07 Å². The van der Waals surface area contributed by atoms with Crippen molar-refractivity contribution >= 4 is 15.9 Å². The smallest absolute Gasteiger partial charge is 0.264 e. The third-order valence-electron chi connectivity index (χ3n) is 2.39. The van der Waals surface area contributed by atoms with Crippen LogP contribution in [-0.2, 0) is 20.9 Å². The van der Waals surface area contributed by atoms with Gasteiger partial charge in [0, 0.05) is 13.1 Å². The van der Waals surface area contributed by atoms with Crippen molar-refractivity contribution in [2.24, 2.45) is 0 Å². The molecule has 0 aromatic carbocycles. The summed E-state index contributed by atoms with van der Waals surface area (Å²) >= 11 is 0. The van der Waals surface area contributed by atoms with E-state index in [0.717, 1.165) is 25.2 Å². The standard InChI is InChI=1S/C10H14N2O3S/c1-16(13,14)15-8-9-4-2-5-10(11-9)12-6-3-7-12/h2,4-5H,3,6-8H2,1H3. The first-order valence-corrected chi connectivity index (χ1v) is 6.91. The summed E-state index contributed by atoms with van der Waals surface area (Å²) in [6.45, 7) is 2.04. The number of pyridine rings is 1. The zero-order valence-corrected chi connectivity index (χ0v) is 9.90. The fraction of sp³-hybridized carbons (Fsp3) is 0.500. The number of nitrogens with zero attached hydrogens (tertiary/aromatic N) is 2. The number of anilines is 1. The molecule has 2 rings (SSSR count). The first-order valence-electron chi connectivity index (χ1n) is 5.10. The van der Waals surface area contributed by atoms with E-state index < -0.39 is 10.1 Å². The van der Waals surface area contributed by atoms with Gasteiger partial charge in [-0.15, -0.1) is 0 Å². The second-order valence-electron chi connectivity index (χ2n) is 3.79. The molecule has 1 aliphatic heterocycles. The van der Waals surface area contributed by atoms with E-state index >= 15 is 0 Å². The molecule has 0 bridgehead atoms. The summed E-state index contributed by atoms with van der Waals surface area (Å²) in [5.41, 5.74) is 0.634. The van der Waals surface area contributed by atoms with Crippen molar-refractivity contribution < 1.29 is 12.6 Å². The lowest BCUT2D eigenvalue weighted by Crippen LogP contribution is -2.37. The Kier molecular flexibility index (Phi) is 3.11. The number of aromatic nitrogens is 1. The van der Waals surface area contributed by atoms with E-state index in [-0.39, 0.29) is 6.61 Å². The topological polar surface area (TPSA) is 59.5 Å². The summed E-state index contributed by atoms with van der Waals surface area (Å²) in [6, 6.07) is 5.54. The van der Waals surface area contributed by atoms with Crippen LogP contribution in [0.1, 0.15) is 12.1 Å². The number of rotatable bonds is 4. The fourth-order valence-electron chi connectivity index (χ4n) is 1.44. The molecular weight excluding hydrogens is 228 g/mol. The molecule has 0 aliphatic carbocycles. The van der Waals surface area contributed by atoms with Crippen LogP contribution in [-0.4, -0.2) is 32.7 Å². The summed E-state index contributed by atoms with van der Waals surface area (Å²) in [5.74, 6) is 0.890. The highest BCUT2D eigenvalue weighted by molar-refractivity contribution is 7.85. The normalized spacial score (nSPS) is 15.9. The van der Waals surface area contributed by atoms with E-state index in [2.05, 4.69) is 9.88 Å². The number of hydrogen-bond acceptors (Lipinski definition) is 5. The summed E-state index contributed by atoms with van der Waals surface area (Å²) in [6.07, 6.45) is 2.22. The molecule has 1 saturated heterocycles. The van der Waals surface area contributed by atoms with E-state index in [9.17, 15) is 8.42 Å². The Morgan fingerprint density at radius 2 is 2.19 bits per heavy atom. The van der Waals surface area contributed by atoms with Crippen LogP contribution in [0, 0.1) is 0 Å². The van der Waals surface area contributed by atoms with E-state index in [1.807, 2.05) is 12.1 Å². The highest BCUT2D eigenvalue weighted by Crippen LogP contribution is 2.18. The SMILES string of the molecule is CS(=O)(=O)OCc1cccc(N2CCC2)n1. The third-order valence-corrected chi connectivity index (χ3v) is 2.94. The highest BCUT2D eigenvalue weighted by Gasteiger charge is 2.15. The predicted molar refractivity (Wildman–Crippen MR) is 60.7 cm³/mol. The van der Waals surface area contributed by atoms with Crippen LogP contribution in [0.3, 0.4) is 0 Å². The van der Waals surface area contributed by atoms with Gasteiger partial charge in [0.25, 0.3) is 10.1 Å². The first kappa shape index (κ1) is 11.3. The number of hydrogen-bond donors (Lipinski definition) is 0. The molecule has 0 saturated carbocycles. The van der Waals surface area contributed by atoms with Gasteiger partial charge in [0.2, 0.25) is 0 Å². The molecule has 5 nitrogen and oxygen atoms in total. The molecule has 16 heavy (non-hydrogen) atoms. The molecule has 2 heterocycles. The lowest BCUT2D eigenvalue weighted by Gasteiger charge is -2.32. The van der Waals surface area contributed by atoms with E-state index in [0.29, 0.717) is 5.69 Å². The lowest BCUT2D eigenvalue weighted by atomic mass is 10.2. The van der Waals surface area contributed by atoms with E-state index in [1.165, 1.54) is 6.42 Å². The van der Waals surface area contributed by atoms with Gasteiger partial charge in [-0.25, -0.2) is 4.98 Å². The van der Waals surface area contributed by atoms with Crippen LogP contribution >= 0.6 is 0 Å². The van der Waals surface area contributed by atoms with Gasteiger partial charge in [0.15, 0.2) is 0 Å². The molecule has 1 aliphatic rings. The minimum absolute atomic E-state index is 0.000509. The molecule has 1 aromatic rings. The van der Waals surface area contributed by atoms with Gasteiger partial charge in [0.1, 0.15) is 12.4 Å². The molecule has 6 heteroatoms. The Morgan fingerprint density at radius 3 is 2.75 bits per heavy atom. The molecule has 0 atom stereocenters. The molecule has 0 N–H and O–H groups in total. The van der Waals surface area contributed by atoms with Crippen molar-refractivity contribution in [3.8, 4) is 0 Å². The highest BCUT2D eigenvalue weighted by atomic mass is 32.2. The quantitative estimate of drug-likeness (QED) is 0.730. The van der Waals surface area contributed by atoms with Crippen molar-refractivity contribution in [2.75, 3.05) is 24.2 Å². The molecule has 1 fully saturated rings. The summed E-state index contributed by atoms with van der Waals surface area (Å²) in [7, 11) is -3.40. The van der Waals surface area contributed by atoms with E-state index in [4.69, 9.17) is 4.18 Å². The van der Waals surface area contributed by atoms with Crippen molar-refractivity contribution in [1.82, 2.24) is 4.98 Å². The van der Waals surface area contributed by atoms with Crippen molar-refractivity contribution in [3.05, 3.63) is 23.9 Å². The summed E-state index contributed by atoms with van der Waals surface area (Å²) in [4.78, 5) is 6.48. The fourth-order valence-corrected chi connectivity index (χ4v) is 1.77. The van der Waals surface area contributed by atoms with Crippen molar-refractivity contribution in [3.63, 3.8) is 0 Å². The van der Waals surface area contributed by atoms with Gasteiger partial charge in [-0.05, 0) is 18.6 Å². The minimum Gasteiger partial charge on any atom is -0.356 e. The average molecular weight is 242 g/mol. The maximum atomic E-state index is 10.8. The van der Waals surface area contributed by atoms with Crippen LogP contribution in [0.15, 0.2) is 18.2 Å². The molecule has 0 amide bonds. The van der Waals surface area contributed by atoms with Crippen LogP contribution in [0.4, 0.5) is 5.82 Å². The average Bonchev–Trinajstić information content (AvgIpc) is 2.12. The van der Waals surface area contributed by atoms with Gasteiger partial charge >= 0.3 is 0 Å². The third kappa shape index (κ3) is 2.93. The molecule has 0 radical (unpaired) electrons. The van der Waals surface area contributed by atoms with Gasteiger partial charge < -0.3 is 4.90 Å². The predicted octanol–water partition coefficient (Wildman–Crippen LogP) is 0.768. The molecule has 88 valence electrons. The molecular formula is C10H14N2O3S. The zero-order valence-electron chi connectivity index (χ0n) is 9.09. The van der Waals surface area contributed by atoms with Crippen LogP contribution < -0.4 is 4.90 Å². The van der Waals surface area contributed by atoms with E-state index in [1.54, 1.807) is 6.07 Å².